The van der Waals surface area contributed by atoms with Crippen molar-refractivity contribution < 1.29 is 4.74 Å². The maximum Gasteiger partial charge on any atom is 0.119 e. The van der Waals surface area contributed by atoms with E-state index in [1.54, 1.807) is 0 Å². The highest BCUT2D eigenvalue weighted by Gasteiger charge is 2.35. The molecular formula is C17H22N2OS2. The van der Waals surface area contributed by atoms with E-state index in [0.717, 1.165) is 25.3 Å². The minimum Gasteiger partial charge on any atom is -0.494 e. The predicted octanol–water partition coefficient (Wildman–Crippen LogP) is 4.09. The molecule has 3 nitrogen and oxygen atoms in total. The van der Waals surface area contributed by atoms with Crippen LogP contribution in [0.1, 0.15) is 18.9 Å². The van der Waals surface area contributed by atoms with Crippen LogP contribution in [0.2, 0.25) is 0 Å². The van der Waals surface area contributed by atoms with Gasteiger partial charge in [-0.15, -0.1) is 23.5 Å². The third-order valence-electron chi connectivity index (χ3n) is 3.83. The summed E-state index contributed by atoms with van der Waals surface area (Å²) in [6.45, 7) is 3.78. The predicted molar refractivity (Wildman–Crippen MR) is 95.8 cm³/mol. The standard InChI is InChI=1S/C17H22N2OS2/c1-2-20-16-5-3-15(4-6-16)7-8-17(21-11-12-22-17)13-19-10-9-18-14-19/h3-6,9-10,14H,2,7-8,11-13H2,1H3. The van der Waals surface area contributed by atoms with E-state index in [1.807, 2.05) is 19.4 Å². The van der Waals surface area contributed by atoms with Crippen LogP contribution < -0.4 is 4.74 Å². The first-order valence-electron chi connectivity index (χ1n) is 7.75. The van der Waals surface area contributed by atoms with Gasteiger partial charge in [-0.25, -0.2) is 4.98 Å². The minimum absolute atomic E-state index is 0.291. The lowest BCUT2D eigenvalue weighted by molar-refractivity contribution is 0.340. The number of hydrogen-bond donors (Lipinski definition) is 0. The minimum atomic E-state index is 0.291. The summed E-state index contributed by atoms with van der Waals surface area (Å²) in [4.78, 5) is 4.17. The average Bonchev–Trinajstić information content (AvgIpc) is 3.20. The Morgan fingerprint density at radius 3 is 2.64 bits per heavy atom. The van der Waals surface area contributed by atoms with Gasteiger partial charge in [-0.05, 0) is 37.5 Å². The zero-order chi connectivity index (χ0) is 15.3. The lowest BCUT2D eigenvalue weighted by atomic mass is 10.1. The van der Waals surface area contributed by atoms with Crippen molar-refractivity contribution in [3.63, 3.8) is 0 Å². The monoisotopic (exact) mass is 334 g/mol. The molecule has 0 aliphatic carbocycles. The normalized spacial score (nSPS) is 16.8. The van der Waals surface area contributed by atoms with Gasteiger partial charge in [0.25, 0.3) is 0 Å². The number of aryl methyl sites for hydroxylation is 1. The fourth-order valence-electron chi connectivity index (χ4n) is 2.72. The summed E-state index contributed by atoms with van der Waals surface area (Å²) in [5, 5.41) is 0. The number of hydrogen-bond acceptors (Lipinski definition) is 4. The second kappa shape index (κ2) is 7.47. The smallest absolute Gasteiger partial charge is 0.119 e. The van der Waals surface area contributed by atoms with Crippen molar-refractivity contribution >= 4 is 23.5 Å². The van der Waals surface area contributed by atoms with Crippen LogP contribution in [-0.4, -0.2) is 31.7 Å². The molecule has 3 rings (SSSR count). The Labute approximate surface area is 140 Å². The molecule has 1 aliphatic rings. The van der Waals surface area contributed by atoms with Crippen LogP contribution in [0.5, 0.6) is 5.75 Å². The molecule has 0 unspecified atom stereocenters. The van der Waals surface area contributed by atoms with E-state index in [9.17, 15) is 0 Å². The molecule has 0 atom stereocenters. The molecule has 1 aliphatic heterocycles. The Hall–Kier alpha value is -1.07. The summed E-state index contributed by atoms with van der Waals surface area (Å²) in [6.07, 6.45) is 8.16. The molecule has 2 aromatic rings. The fourth-order valence-corrected chi connectivity index (χ4v) is 5.94. The first-order chi connectivity index (χ1) is 10.8. The molecule has 0 amide bonds. The summed E-state index contributed by atoms with van der Waals surface area (Å²) < 4.78 is 8.01. The van der Waals surface area contributed by atoms with Crippen molar-refractivity contribution in [3.05, 3.63) is 48.5 Å². The summed E-state index contributed by atoms with van der Waals surface area (Å²) >= 11 is 4.22. The second-order valence-corrected chi connectivity index (χ2v) is 8.63. The number of rotatable bonds is 7. The van der Waals surface area contributed by atoms with E-state index < -0.39 is 0 Å². The van der Waals surface area contributed by atoms with Gasteiger partial charge in [0.1, 0.15) is 5.75 Å². The Bertz CT molecular complexity index is 563. The average molecular weight is 335 g/mol. The van der Waals surface area contributed by atoms with Crippen LogP contribution >= 0.6 is 23.5 Å². The summed E-state index contributed by atoms with van der Waals surface area (Å²) in [5.74, 6) is 3.47. The number of aromatic nitrogens is 2. The largest absolute Gasteiger partial charge is 0.494 e. The summed E-state index contributed by atoms with van der Waals surface area (Å²) in [6, 6.07) is 8.55. The van der Waals surface area contributed by atoms with E-state index in [1.165, 1.54) is 23.5 Å². The third kappa shape index (κ3) is 4.02. The van der Waals surface area contributed by atoms with Crippen LogP contribution in [0.15, 0.2) is 43.0 Å². The van der Waals surface area contributed by atoms with Crippen LogP contribution in [0.4, 0.5) is 0 Å². The topological polar surface area (TPSA) is 27.1 Å². The van der Waals surface area contributed by atoms with Gasteiger partial charge in [0.15, 0.2) is 0 Å². The zero-order valence-electron chi connectivity index (χ0n) is 12.9. The number of nitrogens with zero attached hydrogens (tertiary/aromatic N) is 2. The van der Waals surface area contributed by atoms with Gasteiger partial charge >= 0.3 is 0 Å². The molecule has 1 aromatic carbocycles. The lowest BCUT2D eigenvalue weighted by Gasteiger charge is -2.27. The maximum atomic E-state index is 5.51. The molecule has 0 saturated carbocycles. The van der Waals surface area contributed by atoms with Crippen molar-refractivity contribution in [1.29, 1.82) is 0 Å². The highest BCUT2D eigenvalue weighted by Crippen LogP contribution is 2.48. The number of ether oxygens (including phenoxy) is 1. The van der Waals surface area contributed by atoms with Crippen LogP contribution in [0, 0.1) is 0 Å². The molecule has 2 heterocycles. The number of imidazole rings is 1. The van der Waals surface area contributed by atoms with E-state index in [2.05, 4.69) is 63.5 Å². The van der Waals surface area contributed by atoms with E-state index in [0.29, 0.717) is 4.08 Å². The molecule has 1 aromatic heterocycles. The Balaban J connectivity index is 1.61. The van der Waals surface area contributed by atoms with Gasteiger partial charge in [-0.3, -0.25) is 0 Å². The van der Waals surface area contributed by atoms with Crippen molar-refractivity contribution in [2.75, 3.05) is 18.1 Å². The van der Waals surface area contributed by atoms with Crippen LogP contribution in [-0.2, 0) is 13.0 Å². The second-order valence-electron chi connectivity index (χ2n) is 5.42. The quantitative estimate of drug-likeness (QED) is 0.762. The summed E-state index contributed by atoms with van der Waals surface area (Å²) in [7, 11) is 0. The molecule has 22 heavy (non-hydrogen) atoms. The highest BCUT2D eigenvalue weighted by molar-refractivity contribution is 8.21. The molecule has 1 saturated heterocycles. The van der Waals surface area contributed by atoms with Gasteiger partial charge in [0.05, 0.1) is 17.0 Å². The fraction of sp³-hybridized carbons (Fsp3) is 0.471. The Morgan fingerprint density at radius 2 is 2.00 bits per heavy atom. The molecular weight excluding hydrogens is 312 g/mol. The molecule has 118 valence electrons. The van der Waals surface area contributed by atoms with Crippen LogP contribution in [0.3, 0.4) is 0 Å². The van der Waals surface area contributed by atoms with E-state index >= 15 is 0 Å². The Morgan fingerprint density at radius 1 is 1.23 bits per heavy atom. The molecule has 0 bridgehead atoms. The van der Waals surface area contributed by atoms with Gasteiger partial charge < -0.3 is 9.30 Å². The van der Waals surface area contributed by atoms with Gasteiger partial charge in [0, 0.05) is 30.4 Å². The maximum absolute atomic E-state index is 5.51. The van der Waals surface area contributed by atoms with Gasteiger partial charge in [-0.2, -0.15) is 0 Å². The summed E-state index contributed by atoms with van der Waals surface area (Å²) in [5.41, 5.74) is 1.39. The number of thioether (sulfide) groups is 2. The Kier molecular flexibility index (Phi) is 5.37. The third-order valence-corrected chi connectivity index (χ3v) is 7.33. The first kappa shape index (κ1) is 15.8. The van der Waals surface area contributed by atoms with E-state index in [4.69, 9.17) is 4.74 Å². The highest BCUT2D eigenvalue weighted by atomic mass is 32.2. The van der Waals surface area contributed by atoms with Crippen molar-refractivity contribution in [3.8, 4) is 5.75 Å². The first-order valence-corrected chi connectivity index (χ1v) is 9.72. The lowest BCUT2D eigenvalue weighted by Crippen LogP contribution is -2.25. The molecule has 0 radical (unpaired) electrons. The molecule has 5 heteroatoms. The molecule has 0 N–H and O–H groups in total. The SMILES string of the molecule is CCOc1ccc(CCC2(Cn3ccnc3)SCCS2)cc1. The van der Waals surface area contributed by atoms with Crippen LogP contribution in [0.25, 0.3) is 0 Å². The molecule has 0 spiro atoms. The van der Waals surface area contributed by atoms with Crippen molar-refractivity contribution in [2.24, 2.45) is 0 Å². The van der Waals surface area contributed by atoms with Crippen molar-refractivity contribution in [2.45, 2.75) is 30.4 Å². The van der Waals surface area contributed by atoms with E-state index in [-0.39, 0.29) is 0 Å². The van der Waals surface area contributed by atoms with Crippen molar-refractivity contribution in [1.82, 2.24) is 9.55 Å². The molecule has 1 fully saturated rings. The zero-order valence-corrected chi connectivity index (χ0v) is 14.5. The van der Waals surface area contributed by atoms with Gasteiger partial charge in [-0.1, -0.05) is 12.1 Å². The number of benzene rings is 1. The van der Waals surface area contributed by atoms with Gasteiger partial charge in [0.2, 0.25) is 0 Å².